The molecule has 1 aliphatic rings. The van der Waals surface area contributed by atoms with Crippen molar-refractivity contribution in [3.63, 3.8) is 0 Å². The lowest BCUT2D eigenvalue weighted by atomic mass is 10.1. The molecule has 0 amide bonds. The molecule has 0 aliphatic carbocycles. The quantitative estimate of drug-likeness (QED) is 0.769. The van der Waals surface area contributed by atoms with Gasteiger partial charge in [0.15, 0.2) is 0 Å². The van der Waals surface area contributed by atoms with E-state index in [0.29, 0.717) is 6.04 Å². The standard InChI is InChI=1S/C14H15BrN2/c1-10-4-2-7-14-16-13(9-17(10)14)11-5-3-6-12(15)8-11/h3,5-6,8-10H,2,4,7H2,1H3/t10-/m0/s1. The highest BCUT2D eigenvalue weighted by atomic mass is 79.9. The average molecular weight is 291 g/mol. The topological polar surface area (TPSA) is 17.8 Å². The van der Waals surface area contributed by atoms with Crippen molar-refractivity contribution in [3.05, 3.63) is 40.8 Å². The summed E-state index contributed by atoms with van der Waals surface area (Å²) < 4.78 is 3.44. The molecule has 3 rings (SSSR count). The molecule has 1 aromatic carbocycles. The molecular formula is C14H15BrN2. The Labute approximate surface area is 110 Å². The molecule has 1 aromatic heterocycles. The maximum Gasteiger partial charge on any atom is 0.109 e. The first-order chi connectivity index (χ1) is 8.24. The second kappa shape index (κ2) is 4.30. The smallest absolute Gasteiger partial charge is 0.109 e. The van der Waals surface area contributed by atoms with Gasteiger partial charge in [0, 0.05) is 28.7 Å². The summed E-state index contributed by atoms with van der Waals surface area (Å²) in [6.45, 7) is 2.27. The fourth-order valence-corrected chi connectivity index (χ4v) is 2.88. The number of imidazole rings is 1. The first kappa shape index (κ1) is 11.0. The van der Waals surface area contributed by atoms with E-state index in [1.54, 1.807) is 0 Å². The number of fused-ring (bicyclic) bond motifs is 1. The predicted octanol–water partition coefficient (Wildman–Crippen LogP) is 4.21. The van der Waals surface area contributed by atoms with Crippen LogP contribution in [0.3, 0.4) is 0 Å². The highest BCUT2D eigenvalue weighted by molar-refractivity contribution is 9.10. The first-order valence-corrected chi connectivity index (χ1v) is 6.87. The van der Waals surface area contributed by atoms with E-state index >= 15 is 0 Å². The van der Waals surface area contributed by atoms with E-state index in [1.165, 1.54) is 24.2 Å². The zero-order chi connectivity index (χ0) is 11.8. The Morgan fingerprint density at radius 2 is 2.29 bits per heavy atom. The molecule has 1 atom stereocenters. The fourth-order valence-electron chi connectivity index (χ4n) is 2.48. The second-order valence-corrected chi connectivity index (χ2v) is 5.62. The van der Waals surface area contributed by atoms with Crippen molar-refractivity contribution in [1.82, 2.24) is 9.55 Å². The Bertz CT molecular complexity index is 545. The summed E-state index contributed by atoms with van der Waals surface area (Å²) >= 11 is 3.51. The van der Waals surface area contributed by atoms with Crippen LogP contribution in [0.1, 0.15) is 31.6 Å². The van der Waals surface area contributed by atoms with Crippen LogP contribution in [0.4, 0.5) is 0 Å². The maximum atomic E-state index is 4.75. The molecular weight excluding hydrogens is 276 g/mol. The predicted molar refractivity (Wildman–Crippen MR) is 73.0 cm³/mol. The van der Waals surface area contributed by atoms with Gasteiger partial charge in [0.2, 0.25) is 0 Å². The normalized spacial score (nSPS) is 19.1. The molecule has 17 heavy (non-hydrogen) atoms. The van der Waals surface area contributed by atoms with Gasteiger partial charge in [-0.3, -0.25) is 0 Å². The fraction of sp³-hybridized carbons (Fsp3) is 0.357. The third-order valence-corrected chi connectivity index (χ3v) is 3.92. The first-order valence-electron chi connectivity index (χ1n) is 6.08. The van der Waals surface area contributed by atoms with Crippen LogP contribution >= 0.6 is 15.9 Å². The van der Waals surface area contributed by atoms with Gasteiger partial charge < -0.3 is 4.57 Å². The van der Waals surface area contributed by atoms with Crippen LogP contribution in [0.25, 0.3) is 11.3 Å². The molecule has 0 unspecified atom stereocenters. The summed E-state index contributed by atoms with van der Waals surface area (Å²) in [5.41, 5.74) is 2.28. The van der Waals surface area contributed by atoms with Crippen LogP contribution in [-0.4, -0.2) is 9.55 Å². The van der Waals surface area contributed by atoms with Crippen molar-refractivity contribution in [1.29, 1.82) is 0 Å². The number of aromatic nitrogens is 2. The Morgan fingerprint density at radius 3 is 3.06 bits per heavy atom. The zero-order valence-corrected chi connectivity index (χ0v) is 11.4. The molecule has 2 aromatic rings. The second-order valence-electron chi connectivity index (χ2n) is 4.70. The van der Waals surface area contributed by atoms with Crippen LogP contribution in [0.15, 0.2) is 34.9 Å². The van der Waals surface area contributed by atoms with E-state index in [0.717, 1.165) is 16.6 Å². The van der Waals surface area contributed by atoms with Crippen molar-refractivity contribution in [2.45, 2.75) is 32.2 Å². The summed E-state index contributed by atoms with van der Waals surface area (Å²) in [6, 6.07) is 8.93. The number of hydrogen-bond acceptors (Lipinski definition) is 1. The minimum atomic E-state index is 0.590. The van der Waals surface area contributed by atoms with Gasteiger partial charge in [-0.05, 0) is 31.9 Å². The van der Waals surface area contributed by atoms with Gasteiger partial charge >= 0.3 is 0 Å². The molecule has 0 saturated carbocycles. The van der Waals surface area contributed by atoms with Crippen molar-refractivity contribution < 1.29 is 0 Å². The molecule has 0 N–H and O–H groups in total. The van der Waals surface area contributed by atoms with E-state index in [2.05, 4.69) is 51.8 Å². The molecule has 0 saturated heterocycles. The molecule has 2 nitrogen and oxygen atoms in total. The number of benzene rings is 1. The van der Waals surface area contributed by atoms with E-state index in [9.17, 15) is 0 Å². The Hall–Kier alpha value is -1.09. The van der Waals surface area contributed by atoms with Crippen molar-refractivity contribution in [3.8, 4) is 11.3 Å². The molecule has 88 valence electrons. The number of aryl methyl sites for hydroxylation is 1. The van der Waals surface area contributed by atoms with Crippen molar-refractivity contribution in [2.75, 3.05) is 0 Å². The molecule has 0 spiro atoms. The lowest BCUT2D eigenvalue weighted by molar-refractivity contribution is 0.426. The number of rotatable bonds is 1. The van der Waals surface area contributed by atoms with Crippen LogP contribution in [0.2, 0.25) is 0 Å². The van der Waals surface area contributed by atoms with Crippen LogP contribution in [0, 0.1) is 0 Å². The Morgan fingerprint density at radius 1 is 1.41 bits per heavy atom. The monoisotopic (exact) mass is 290 g/mol. The van der Waals surface area contributed by atoms with Gasteiger partial charge in [0.1, 0.15) is 5.82 Å². The SMILES string of the molecule is C[C@H]1CCCc2nc(-c3cccc(Br)c3)cn21. The van der Waals surface area contributed by atoms with E-state index < -0.39 is 0 Å². The third-order valence-electron chi connectivity index (χ3n) is 3.43. The maximum absolute atomic E-state index is 4.75. The van der Waals surface area contributed by atoms with Crippen LogP contribution in [0.5, 0.6) is 0 Å². The van der Waals surface area contributed by atoms with Gasteiger partial charge in [-0.2, -0.15) is 0 Å². The molecule has 0 radical (unpaired) electrons. The molecule has 0 fully saturated rings. The van der Waals surface area contributed by atoms with Crippen molar-refractivity contribution in [2.24, 2.45) is 0 Å². The highest BCUT2D eigenvalue weighted by Gasteiger charge is 2.18. The van der Waals surface area contributed by atoms with Gasteiger partial charge in [-0.25, -0.2) is 4.98 Å². The van der Waals surface area contributed by atoms with Gasteiger partial charge in [-0.1, -0.05) is 28.1 Å². The van der Waals surface area contributed by atoms with E-state index in [-0.39, 0.29) is 0 Å². The van der Waals surface area contributed by atoms with Crippen LogP contribution in [-0.2, 0) is 6.42 Å². The van der Waals surface area contributed by atoms with Gasteiger partial charge in [-0.15, -0.1) is 0 Å². The lowest BCUT2D eigenvalue weighted by Crippen LogP contribution is -2.14. The average Bonchev–Trinajstić information content (AvgIpc) is 2.74. The Balaban J connectivity index is 2.05. The minimum Gasteiger partial charge on any atom is -0.331 e. The number of halogens is 1. The van der Waals surface area contributed by atoms with E-state index in [4.69, 9.17) is 4.98 Å². The lowest BCUT2D eigenvalue weighted by Gasteiger charge is -2.20. The molecule has 3 heteroatoms. The Kier molecular flexibility index (Phi) is 2.79. The van der Waals surface area contributed by atoms with Gasteiger partial charge in [0.25, 0.3) is 0 Å². The third kappa shape index (κ3) is 2.04. The summed E-state index contributed by atoms with van der Waals surface area (Å²) in [7, 11) is 0. The largest absolute Gasteiger partial charge is 0.331 e. The van der Waals surface area contributed by atoms with Crippen molar-refractivity contribution >= 4 is 15.9 Å². The summed E-state index contributed by atoms with van der Waals surface area (Å²) in [5, 5.41) is 0. The highest BCUT2D eigenvalue weighted by Crippen LogP contribution is 2.29. The summed E-state index contributed by atoms with van der Waals surface area (Å²) in [5.74, 6) is 1.23. The molecule has 2 heterocycles. The van der Waals surface area contributed by atoms with Crippen LogP contribution < -0.4 is 0 Å². The summed E-state index contributed by atoms with van der Waals surface area (Å²) in [6.07, 6.45) is 5.83. The zero-order valence-electron chi connectivity index (χ0n) is 9.86. The minimum absolute atomic E-state index is 0.590. The van der Waals surface area contributed by atoms with E-state index in [1.807, 2.05) is 6.07 Å². The molecule has 0 bridgehead atoms. The summed E-state index contributed by atoms with van der Waals surface area (Å²) in [4.78, 5) is 4.75. The molecule has 1 aliphatic heterocycles. The number of nitrogens with zero attached hydrogens (tertiary/aromatic N) is 2. The number of hydrogen-bond donors (Lipinski definition) is 0. The van der Waals surface area contributed by atoms with Gasteiger partial charge in [0.05, 0.1) is 5.69 Å².